The van der Waals surface area contributed by atoms with Gasteiger partial charge in [0.25, 0.3) is 0 Å². The van der Waals surface area contributed by atoms with Crippen molar-refractivity contribution in [2.24, 2.45) is 7.05 Å². The van der Waals surface area contributed by atoms with Gasteiger partial charge >= 0.3 is 0 Å². The topological polar surface area (TPSA) is 46.7 Å². The standard InChI is InChI=1S/C18H26N4O2/c1-20(12-15-5-3-7-23-15)17-13-22(11-14-9-19-21(2)10-14)16-6-4-8-24-18(16)17/h3,5,7,9-10,16-18H,4,6,8,11-13H2,1-2H3/t16-,17-,18+/m1/s1. The Balaban J connectivity index is 1.48. The molecular weight excluding hydrogens is 304 g/mol. The average molecular weight is 330 g/mol. The maximum atomic E-state index is 6.19. The lowest BCUT2D eigenvalue weighted by Gasteiger charge is -2.34. The molecule has 0 radical (unpaired) electrons. The highest BCUT2D eigenvalue weighted by atomic mass is 16.5. The van der Waals surface area contributed by atoms with Gasteiger partial charge in [-0.25, -0.2) is 0 Å². The Labute approximate surface area is 143 Å². The van der Waals surface area contributed by atoms with Gasteiger partial charge in [-0.15, -0.1) is 0 Å². The summed E-state index contributed by atoms with van der Waals surface area (Å²) >= 11 is 0. The molecule has 3 atom stereocenters. The maximum Gasteiger partial charge on any atom is 0.117 e. The predicted octanol–water partition coefficient (Wildman–Crippen LogP) is 1.88. The van der Waals surface area contributed by atoms with Crippen LogP contribution in [0.4, 0.5) is 0 Å². The van der Waals surface area contributed by atoms with Crippen LogP contribution in [0.2, 0.25) is 0 Å². The van der Waals surface area contributed by atoms with Crippen LogP contribution in [0.25, 0.3) is 0 Å². The number of furan rings is 1. The summed E-state index contributed by atoms with van der Waals surface area (Å²) in [5, 5.41) is 4.30. The molecule has 4 rings (SSSR count). The van der Waals surface area contributed by atoms with Gasteiger partial charge in [0.2, 0.25) is 0 Å². The number of likely N-dealkylation sites (N-methyl/N-ethyl adjacent to an activating group) is 1. The SMILES string of the molecule is CN(Cc1ccco1)[C@@H]1CN(Cc2cnn(C)c2)[C@@H]2CCCO[C@H]12. The first-order chi connectivity index (χ1) is 11.7. The Kier molecular flexibility index (Phi) is 4.43. The molecule has 0 bridgehead atoms. The molecule has 0 spiro atoms. The minimum Gasteiger partial charge on any atom is -0.468 e. The van der Waals surface area contributed by atoms with E-state index in [2.05, 4.69) is 28.1 Å². The third-order valence-electron chi connectivity index (χ3n) is 5.30. The lowest BCUT2D eigenvalue weighted by molar-refractivity contribution is -0.0391. The molecule has 4 heterocycles. The van der Waals surface area contributed by atoms with Crippen LogP contribution < -0.4 is 0 Å². The maximum absolute atomic E-state index is 6.19. The van der Waals surface area contributed by atoms with Gasteiger partial charge in [-0.3, -0.25) is 14.5 Å². The van der Waals surface area contributed by atoms with Crippen LogP contribution >= 0.6 is 0 Å². The van der Waals surface area contributed by atoms with Crippen LogP contribution in [-0.4, -0.2) is 58.0 Å². The summed E-state index contributed by atoms with van der Waals surface area (Å²) in [4.78, 5) is 4.95. The Morgan fingerprint density at radius 2 is 2.33 bits per heavy atom. The highest BCUT2D eigenvalue weighted by Gasteiger charge is 2.45. The average Bonchev–Trinajstić information content (AvgIpc) is 3.29. The fourth-order valence-electron chi connectivity index (χ4n) is 4.15. The normalized spacial score (nSPS) is 27.7. The first-order valence-electron chi connectivity index (χ1n) is 8.76. The van der Waals surface area contributed by atoms with Crippen LogP contribution in [0.5, 0.6) is 0 Å². The molecule has 0 unspecified atom stereocenters. The Bertz CT molecular complexity index is 654. The van der Waals surface area contributed by atoms with Crippen molar-refractivity contribution in [3.05, 3.63) is 42.1 Å². The van der Waals surface area contributed by atoms with E-state index in [9.17, 15) is 0 Å². The van der Waals surface area contributed by atoms with Crippen LogP contribution in [0.3, 0.4) is 0 Å². The molecular formula is C18H26N4O2. The minimum absolute atomic E-state index is 0.287. The molecule has 0 aromatic carbocycles. The lowest BCUT2D eigenvalue weighted by Crippen LogP contribution is -2.46. The van der Waals surface area contributed by atoms with Gasteiger partial charge in [0.05, 0.1) is 31.2 Å². The molecule has 6 nitrogen and oxygen atoms in total. The zero-order chi connectivity index (χ0) is 16.5. The highest BCUT2D eigenvalue weighted by Crippen LogP contribution is 2.32. The van der Waals surface area contributed by atoms with Gasteiger partial charge < -0.3 is 9.15 Å². The van der Waals surface area contributed by atoms with Crippen LogP contribution in [-0.2, 0) is 24.9 Å². The molecule has 24 heavy (non-hydrogen) atoms. The van der Waals surface area contributed by atoms with Gasteiger partial charge in [-0.2, -0.15) is 5.10 Å². The summed E-state index contributed by atoms with van der Waals surface area (Å²) in [5.41, 5.74) is 1.27. The van der Waals surface area contributed by atoms with E-state index in [0.29, 0.717) is 12.1 Å². The van der Waals surface area contributed by atoms with Crippen LogP contribution in [0.15, 0.2) is 35.2 Å². The van der Waals surface area contributed by atoms with E-state index in [0.717, 1.165) is 38.4 Å². The molecule has 2 saturated heterocycles. The smallest absolute Gasteiger partial charge is 0.117 e. The molecule has 0 amide bonds. The summed E-state index contributed by atoms with van der Waals surface area (Å²) in [6, 6.07) is 4.89. The van der Waals surface area contributed by atoms with Crippen LogP contribution in [0, 0.1) is 0 Å². The summed E-state index contributed by atoms with van der Waals surface area (Å²) < 4.78 is 13.6. The van der Waals surface area contributed by atoms with Crippen molar-refractivity contribution in [2.75, 3.05) is 20.2 Å². The van der Waals surface area contributed by atoms with Gasteiger partial charge in [0, 0.05) is 44.5 Å². The lowest BCUT2D eigenvalue weighted by atomic mass is 10.00. The number of nitrogens with zero attached hydrogens (tertiary/aromatic N) is 4. The number of hydrogen-bond donors (Lipinski definition) is 0. The van der Waals surface area contributed by atoms with E-state index in [1.54, 1.807) is 6.26 Å². The summed E-state index contributed by atoms with van der Waals surface area (Å²) in [6.45, 7) is 3.68. The van der Waals surface area contributed by atoms with E-state index >= 15 is 0 Å². The molecule has 0 saturated carbocycles. The molecule has 0 aliphatic carbocycles. The minimum atomic E-state index is 0.287. The summed E-state index contributed by atoms with van der Waals surface area (Å²) in [5.74, 6) is 1.01. The van der Waals surface area contributed by atoms with Crippen molar-refractivity contribution < 1.29 is 9.15 Å². The van der Waals surface area contributed by atoms with E-state index < -0.39 is 0 Å². The van der Waals surface area contributed by atoms with Crippen LogP contribution in [0.1, 0.15) is 24.2 Å². The summed E-state index contributed by atoms with van der Waals surface area (Å²) in [7, 11) is 4.15. The van der Waals surface area contributed by atoms with Gasteiger partial charge in [0.15, 0.2) is 0 Å². The molecule has 130 valence electrons. The molecule has 2 fully saturated rings. The number of aromatic nitrogens is 2. The summed E-state index contributed by atoms with van der Waals surface area (Å²) in [6.07, 6.45) is 8.48. The molecule has 2 aliphatic rings. The van der Waals surface area contributed by atoms with Crippen molar-refractivity contribution >= 4 is 0 Å². The van der Waals surface area contributed by atoms with Gasteiger partial charge in [-0.05, 0) is 32.0 Å². The molecule has 2 aromatic heterocycles. The van der Waals surface area contributed by atoms with Gasteiger partial charge in [0.1, 0.15) is 5.76 Å². The van der Waals surface area contributed by atoms with Crippen molar-refractivity contribution in [1.29, 1.82) is 0 Å². The molecule has 6 heteroatoms. The molecule has 2 aliphatic heterocycles. The fourth-order valence-corrected chi connectivity index (χ4v) is 4.15. The first-order valence-corrected chi connectivity index (χ1v) is 8.76. The second-order valence-electron chi connectivity index (χ2n) is 7.06. The van der Waals surface area contributed by atoms with E-state index in [1.807, 2.05) is 30.1 Å². The highest BCUT2D eigenvalue weighted by molar-refractivity contribution is 5.08. The number of aryl methyl sites for hydroxylation is 1. The van der Waals surface area contributed by atoms with Crippen molar-refractivity contribution in [1.82, 2.24) is 19.6 Å². The number of rotatable bonds is 5. The quantitative estimate of drug-likeness (QED) is 0.838. The Hall–Kier alpha value is -1.63. The largest absolute Gasteiger partial charge is 0.468 e. The molecule has 2 aromatic rings. The second kappa shape index (κ2) is 6.70. The second-order valence-corrected chi connectivity index (χ2v) is 7.06. The predicted molar refractivity (Wildman–Crippen MR) is 90.3 cm³/mol. The van der Waals surface area contributed by atoms with E-state index in [-0.39, 0.29) is 6.10 Å². The van der Waals surface area contributed by atoms with Crippen molar-refractivity contribution in [3.8, 4) is 0 Å². The molecule has 0 N–H and O–H groups in total. The number of fused-ring (bicyclic) bond motifs is 1. The fraction of sp³-hybridized carbons (Fsp3) is 0.611. The van der Waals surface area contributed by atoms with Gasteiger partial charge in [-0.1, -0.05) is 0 Å². The monoisotopic (exact) mass is 330 g/mol. The van der Waals surface area contributed by atoms with Crippen molar-refractivity contribution in [3.63, 3.8) is 0 Å². The number of hydrogen-bond acceptors (Lipinski definition) is 5. The number of likely N-dealkylation sites (tertiary alicyclic amines) is 1. The Morgan fingerprint density at radius 3 is 3.08 bits per heavy atom. The first kappa shape index (κ1) is 15.9. The number of ether oxygens (including phenoxy) is 1. The third kappa shape index (κ3) is 3.14. The van der Waals surface area contributed by atoms with E-state index in [1.165, 1.54) is 12.0 Å². The zero-order valence-corrected chi connectivity index (χ0v) is 14.5. The third-order valence-corrected chi connectivity index (χ3v) is 5.30. The van der Waals surface area contributed by atoms with Crippen molar-refractivity contribution in [2.45, 2.75) is 44.1 Å². The van der Waals surface area contributed by atoms with E-state index in [4.69, 9.17) is 9.15 Å². The zero-order valence-electron chi connectivity index (χ0n) is 14.5. The Morgan fingerprint density at radius 1 is 1.42 bits per heavy atom.